The Morgan fingerprint density at radius 1 is 1.38 bits per heavy atom. The van der Waals surface area contributed by atoms with Crippen molar-refractivity contribution in [3.63, 3.8) is 0 Å². The Bertz CT molecular complexity index is 612. The van der Waals surface area contributed by atoms with Gasteiger partial charge in [-0.1, -0.05) is 6.07 Å². The van der Waals surface area contributed by atoms with Gasteiger partial charge < -0.3 is 5.11 Å². The van der Waals surface area contributed by atoms with Gasteiger partial charge in [0.05, 0.1) is 10.8 Å². The number of imide groups is 1. The van der Waals surface area contributed by atoms with Crippen LogP contribution < -0.4 is 0 Å². The Morgan fingerprint density at radius 3 is 2.57 bits per heavy atom. The normalized spacial score (nSPS) is 18.7. The minimum atomic E-state index is -0.993. The number of hydrogen-bond acceptors (Lipinski definition) is 4. The fourth-order valence-corrected chi connectivity index (χ4v) is 3.43. The second kappa shape index (κ2) is 5.89. The molecule has 0 saturated carbocycles. The van der Waals surface area contributed by atoms with Crippen LogP contribution in [0.4, 0.5) is 0 Å². The zero-order valence-electron chi connectivity index (χ0n) is 12.1. The molecule has 1 saturated heterocycles. The van der Waals surface area contributed by atoms with Crippen LogP contribution in [0, 0.1) is 6.92 Å². The average molecular weight is 307 g/mol. The standard InChI is InChI=1S/C15H17NO4S/c1-8(2)16-13(17)7-12(14(16)18)21-10-5-4-9(3)11(6-10)15(19)20/h4-6,8,12H,7H2,1-3H3,(H,19,20). The highest BCUT2D eigenvalue weighted by atomic mass is 32.2. The van der Waals surface area contributed by atoms with Gasteiger partial charge in [-0.3, -0.25) is 14.5 Å². The predicted molar refractivity (Wildman–Crippen MR) is 79.4 cm³/mol. The van der Waals surface area contributed by atoms with Gasteiger partial charge in [-0.2, -0.15) is 0 Å². The monoisotopic (exact) mass is 307 g/mol. The molecule has 6 heteroatoms. The van der Waals surface area contributed by atoms with Gasteiger partial charge in [-0.05, 0) is 38.5 Å². The Kier molecular flexibility index (Phi) is 4.37. The second-order valence-electron chi connectivity index (χ2n) is 5.29. The van der Waals surface area contributed by atoms with E-state index in [9.17, 15) is 14.4 Å². The highest BCUT2D eigenvalue weighted by Crippen LogP contribution is 2.33. The third-order valence-corrected chi connectivity index (χ3v) is 4.55. The number of benzene rings is 1. The van der Waals surface area contributed by atoms with Gasteiger partial charge in [0.15, 0.2) is 0 Å². The predicted octanol–water partition coefficient (Wildman–Crippen LogP) is 2.32. The second-order valence-corrected chi connectivity index (χ2v) is 6.56. The van der Waals surface area contributed by atoms with Crippen molar-refractivity contribution in [1.82, 2.24) is 4.90 Å². The van der Waals surface area contributed by atoms with Crippen LogP contribution in [0.2, 0.25) is 0 Å². The van der Waals surface area contributed by atoms with Crippen molar-refractivity contribution in [2.24, 2.45) is 0 Å². The zero-order valence-corrected chi connectivity index (χ0v) is 12.9. The molecule has 1 aromatic carbocycles. The summed E-state index contributed by atoms with van der Waals surface area (Å²) in [5.74, 6) is -1.36. The van der Waals surface area contributed by atoms with Crippen LogP contribution in [0.1, 0.15) is 36.2 Å². The van der Waals surface area contributed by atoms with Crippen LogP contribution >= 0.6 is 11.8 Å². The minimum absolute atomic E-state index is 0.150. The van der Waals surface area contributed by atoms with Gasteiger partial charge in [-0.15, -0.1) is 11.8 Å². The molecule has 1 heterocycles. The Balaban J connectivity index is 2.20. The SMILES string of the molecule is Cc1ccc(SC2CC(=O)N(C(C)C)C2=O)cc1C(=O)O. The van der Waals surface area contributed by atoms with Gasteiger partial charge in [-0.25, -0.2) is 4.79 Å². The zero-order chi connectivity index (χ0) is 15.7. The molecule has 1 unspecified atom stereocenters. The molecule has 0 spiro atoms. The van der Waals surface area contributed by atoms with E-state index in [-0.39, 0.29) is 29.8 Å². The lowest BCUT2D eigenvalue weighted by Crippen LogP contribution is -2.37. The third-order valence-electron chi connectivity index (χ3n) is 3.38. The molecular weight excluding hydrogens is 290 g/mol. The lowest BCUT2D eigenvalue weighted by atomic mass is 10.1. The smallest absolute Gasteiger partial charge is 0.335 e. The van der Waals surface area contributed by atoms with E-state index >= 15 is 0 Å². The highest BCUT2D eigenvalue weighted by molar-refractivity contribution is 8.00. The molecule has 112 valence electrons. The van der Waals surface area contributed by atoms with E-state index in [2.05, 4.69) is 0 Å². The maximum Gasteiger partial charge on any atom is 0.335 e. The summed E-state index contributed by atoms with van der Waals surface area (Å²) in [4.78, 5) is 37.2. The van der Waals surface area contributed by atoms with Crippen LogP contribution in [-0.2, 0) is 9.59 Å². The molecule has 1 atom stereocenters. The molecule has 1 fully saturated rings. The molecule has 0 aromatic heterocycles. The van der Waals surface area contributed by atoms with E-state index in [1.807, 2.05) is 0 Å². The first kappa shape index (κ1) is 15.6. The van der Waals surface area contributed by atoms with Crippen molar-refractivity contribution < 1.29 is 19.5 Å². The van der Waals surface area contributed by atoms with Crippen LogP contribution in [0.25, 0.3) is 0 Å². The maximum absolute atomic E-state index is 12.2. The van der Waals surface area contributed by atoms with Crippen molar-refractivity contribution in [3.8, 4) is 0 Å². The van der Waals surface area contributed by atoms with Crippen molar-refractivity contribution in [1.29, 1.82) is 0 Å². The van der Waals surface area contributed by atoms with Crippen LogP contribution in [0.5, 0.6) is 0 Å². The van der Waals surface area contributed by atoms with E-state index in [0.29, 0.717) is 10.5 Å². The third kappa shape index (κ3) is 3.10. The summed E-state index contributed by atoms with van der Waals surface area (Å²) >= 11 is 1.25. The molecule has 1 aromatic rings. The molecule has 2 rings (SSSR count). The van der Waals surface area contributed by atoms with Gasteiger partial charge in [0.25, 0.3) is 0 Å². The molecule has 2 amide bonds. The summed E-state index contributed by atoms with van der Waals surface area (Å²) in [5.41, 5.74) is 0.891. The van der Waals surface area contributed by atoms with E-state index in [1.165, 1.54) is 16.7 Å². The van der Waals surface area contributed by atoms with Crippen LogP contribution in [0.15, 0.2) is 23.1 Å². The number of thioether (sulfide) groups is 1. The summed E-state index contributed by atoms with van der Waals surface area (Å²) in [6, 6.07) is 4.90. The van der Waals surface area contributed by atoms with Crippen molar-refractivity contribution >= 4 is 29.5 Å². The maximum atomic E-state index is 12.2. The molecule has 1 aliphatic heterocycles. The van der Waals surface area contributed by atoms with Crippen LogP contribution in [0.3, 0.4) is 0 Å². The number of carboxylic acids is 1. The average Bonchev–Trinajstić information content (AvgIpc) is 2.66. The lowest BCUT2D eigenvalue weighted by Gasteiger charge is -2.18. The Morgan fingerprint density at radius 2 is 2.05 bits per heavy atom. The number of likely N-dealkylation sites (tertiary alicyclic amines) is 1. The fourth-order valence-electron chi connectivity index (χ4n) is 2.33. The number of nitrogens with zero attached hydrogens (tertiary/aromatic N) is 1. The first-order chi connectivity index (χ1) is 9.81. The van der Waals surface area contributed by atoms with Crippen molar-refractivity contribution in [2.75, 3.05) is 0 Å². The van der Waals surface area contributed by atoms with E-state index in [1.54, 1.807) is 39.0 Å². The Hall–Kier alpha value is -1.82. The number of carboxylic acid groups (broad SMARTS) is 1. The summed E-state index contributed by atoms with van der Waals surface area (Å²) in [6.07, 6.45) is 0.165. The molecule has 21 heavy (non-hydrogen) atoms. The van der Waals surface area contributed by atoms with Gasteiger partial charge in [0.2, 0.25) is 11.8 Å². The highest BCUT2D eigenvalue weighted by Gasteiger charge is 2.40. The van der Waals surface area contributed by atoms with Crippen molar-refractivity contribution in [3.05, 3.63) is 29.3 Å². The number of aromatic carboxylic acids is 1. The first-order valence-corrected chi connectivity index (χ1v) is 7.55. The quantitative estimate of drug-likeness (QED) is 0.864. The van der Waals surface area contributed by atoms with E-state index in [4.69, 9.17) is 5.11 Å². The summed E-state index contributed by atoms with van der Waals surface area (Å²) < 4.78 is 0. The van der Waals surface area contributed by atoms with Gasteiger partial charge >= 0.3 is 5.97 Å². The Labute approximate surface area is 127 Å². The number of hydrogen-bond donors (Lipinski definition) is 1. The molecule has 0 bridgehead atoms. The largest absolute Gasteiger partial charge is 0.478 e. The number of aryl methyl sites for hydroxylation is 1. The molecule has 5 nitrogen and oxygen atoms in total. The fraction of sp³-hybridized carbons (Fsp3) is 0.400. The summed E-state index contributed by atoms with van der Waals surface area (Å²) in [5, 5.41) is 8.65. The molecule has 0 radical (unpaired) electrons. The molecule has 0 aliphatic carbocycles. The van der Waals surface area contributed by atoms with Gasteiger partial charge in [0.1, 0.15) is 0 Å². The lowest BCUT2D eigenvalue weighted by molar-refractivity contribution is -0.140. The number of rotatable bonds is 4. The molecule has 1 N–H and O–H groups in total. The van der Waals surface area contributed by atoms with E-state index < -0.39 is 11.2 Å². The topological polar surface area (TPSA) is 74.7 Å². The number of carbonyl (C=O) groups is 3. The van der Waals surface area contributed by atoms with Crippen LogP contribution in [-0.4, -0.2) is 39.1 Å². The molecule has 1 aliphatic rings. The van der Waals surface area contributed by atoms with Crippen molar-refractivity contribution in [2.45, 2.75) is 43.4 Å². The summed E-state index contributed by atoms with van der Waals surface area (Å²) in [6.45, 7) is 5.33. The summed E-state index contributed by atoms with van der Waals surface area (Å²) in [7, 11) is 0. The van der Waals surface area contributed by atoms with E-state index in [0.717, 1.165) is 0 Å². The number of amides is 2. The minimum Gasteiger partial charge on any atom is -0.478 e. The molecular formula is C15H17NO4S. The van der Waals surface area contributed by atoms with Gasteiger partial charge in [0, 0.05) is 17.4 Å². The number of carbonyl (C=O) groups excluding carboxylic acids is 2. The first-order valence-electron chi connectivity index (χ1n) is 6.67.